The summed E-state index contributed by atoms with van der Waals surface area (Å²) in [5, 5.41) is 3.51. The summed E-state index contributed by atoms with van der Waals surface area (Å²) in [4.78, 5) is 4.52. The van der Waals surface area contributed by atoms with Gasteiger partial charge in [-0.1, -0.05) is 33.1 Å². The average Bonchev–Trinajstić information content (AvgIpc) is 2.28. The van der Waals surface area contributed by atoms with Crippen molar-refractivity contribution in [3.8, 4) is 0 Å². The molecule has 1 unspecified atom stereocenters. The molecular formula is C13H20Br2N2. The zero-order valence-electron chi connectivity index (χ0n) is 10.5. The average molecular weight is 364 g/mol. The fourth-order valence-electron chi connectivity index (χ4n) is 1.86. The summed E-state index contributed by atoms with van der Waals surface area (Å²) in [6.45, 7) is 5.34. The van der Waals surface area contributed by atoms with E-state index in [0.717, 1.165) is 27.6 Å². The second-order valence-electron chi connectivity index (χ2n) is 4.13. The topological polar surface area (TPSA) is 24.9 Å². The standard InChI is InChI=1S/C13H20Br2N2/c1-3-5-6-7-12(16-4-2)13-11(15)8-10(14)9-17-13/h8-9,12,16H,3-7H2,1-2H3. The Kier molecular flexibility index (Phi) is 7.32. The van der Waals surface area contributed by atoms with Gasteiger partial charge in [-0.3, -0.25) is 4.98 Å². The van der Waals surface area contributed by atoms with E-state index in [1.807, 2.05) is 6.20 Å². The third kappa shape index (κ3) is 5.06. The van der Waals surface area contributed by atoms with Crippen molar-refractivity contribution in [3.05, 3.63) is 26.9 Å². The maximum Gasteiger partial charge on any atom is 0.0715 e. The van der Waals surface area contributed by atoms with Crippen molar-refractivity contribution in [1.29, 1.82) is 0 Å². The Bertz CT molecular complexity index is 342. The molecule has 1 atom stereocenters. The quantitative estimate of drug-likeness (QED) is 0.701. The van der Waals surface area contributed by atoms with Crippen LogP contribution < -0.4 is 5.32 Å². The molecule has 0 radical (unpaired) electrons. The van der Waals surface area contributed by atoms with Crippen LogP contribution in [0.25, 0.3) is 0 Å². The molecule has 1 rings (SSSR count). The van der Waals surface area contributed by atoms with E-state index >= 15 is 0 Å². The van der Waals surface area contributed by atoms with E-state index in [0.29, 0.717) is 6.04 Å². The lowest BCUT2D eigenvalue weighted by Gasteiger charge is -2.18. The summed E-state index contributed by atoms with van der Waals surface area (Å²) < 4.78 is 2.09. The second kappa shape index (κ2) is 8.22. The van der Waals surface area contributed by atoms with Crippen molar-refractivity contribution in [2.75, 3.05) is 6.54 Å². The predicted molar refractivity (Wildman–Crippen MR) is 80.2 cm³/mol. The van der Waals surface area contributed by atoms with Crippen molar-refractivity contribution >= 4 is 31.9 Å². The van der Waals surface area contributed by atoms with E-state index in [1.165, 1.54) is 19.3 Å². The highest BCUT2D eigenvalue weighted by Gasteiger charge is 2.14. The highest BCUT2D eigenvalue weighted by molar-refractivity contribution is 9.11. The van der Waals surface area contributed by atoms with Gasteiger partial charge in [-0.2, -0.15) is 0 Å². The van der Waals surface area contributed by atoms with Crippen LogP contribution in [0.1, 0.15) is 51.3 Å². The molecule has 96 valence electrons. The second-order valence-corrected chi connectivity index (χ2v) is 5.90. The highest BCUT2D eigenvalue weighted by Crippen LogP contribution is 2.27. The first-order valence-electron chi connectivity index (χ1n) is 6.23. The number of halogens is 2. The molecule has 1 aromatic rings. The van der Waals surface area contributed by atoms with Gasteiger partial charge in [0.1, 0.15) is 0 Å². The Labute approximate surface area is 121 Å². The largest absolute Gasteiger partial charge is 0.309 e. The number of unbranched alkanes of at least 4 members (excludes halogenated alkanes) is 2. The summed E-state index contributed by atoms with van der Waals surface area (Å²) in [7, 11) is 0. The molecule has 17 heavy (non-hydrogen) atoms. The molecule has 0 fully saturated rings. The van der Waals surface area contributed by atoms with E-state index < -0.39 is 0 Å². The minimum atomic E-state index is 0.356. The maximum absolute atomic E-state index is 4.52. The molecule has 1 N–H and O–H groups in total. The predicted octanol–water partition coefficient (Wildman–Crippen LogP) is 4.84. The molecule has 1 aromatic heterocycles. The normalized spacial score (nSPS) is 12.7. The summed E-state index contributed by atoms with van der Waals surface area (Å²) in [6.07, 6.45) is 6.81. The Morgan fingerprint density at radius 2 is 2.06 bits per heavy atom. The van der Waals surface area contributed by atoms with E-state index in [2.05, 4.69) is 62.1 Å². The number of nitrogens with one attached hydrogen (secondary N) is 1. The summed E-state index contributed by atoms with van der Waals surface area (Å²) in [5.41, 5.74) is 1.12. The zero-order valence-corrected chi connectivity index (χ0v) is 13.6. The molecule has 0 aromatic carbocycles. The molecule has 0 aliphatic carbocycles. The zero-order chi connectivity index (χ0) is 12.7. The van der Waals surface area contributed by atoms with Crippen molar-refractivity contribution in [2.45, 2.75) is 45.6 Å². The van der Waals surface area contributed by atoms with Gasteiger partial charge in [0.2, 0.25) is 0 Å². The minimum Gasteiger partial charge on any atom is -0.309 e. The molecule has 2 nitrogen and oxygen atoms in total. The van der Waals surface area contributed by atoms with Gasteiger partial charge in [0, 0.05) is 15.1 Å². The van der Waals surface area contributed by atoms with Crippen LogP contribution in [0.5, 0.6) is 0 Å². The van der Waals surface area contributed by atoms with Crippen LogP contribution in [0.4, 0.5) is 0 Å². The van der Waals surface area contributed by atoms with Gasteiger partial charge in [0.05, 0.1) is 11.7 Å². The fourth-order valence-corrected chi connectivity index (χ4v) is 3.13. The molecule has 0 saturated heterocycles. The Balaban J connectivity index is 2.74. The van der Waals surface area contributed by atoms with Crippen molar-refractivity contribution in [1.82, 2.24) is 10.3 Å². The van der Waals surface area contributed by atoms with E-state index in [1.54, 1.807) is 0 Å². The van der Waals surface area contributed by atoms with Crippen LogP contribution >= 0.6 is 31.9 Å². The SMILES string of the molecule is CCCCCC(NCC)c1ncc(Br)cc1Br. The first kappa shape index (κ1) is 15.1. The Hall–Kier alpha value is 0.0700. The molecule has 0 aliphatic rings. The number of aromatic nitrogens is 1. The van der Waals surface area contributed by atoms with Crippen LogP contribution in [-0.4, -0.2) is 11.5 Å². The van der Waals surface area contributed by atoms with Gasteiger partial charge in [-0.25, -0.2) is 0 Å². The van der Waals surface area contributed by atoms with Gasteiger partial charge < -0.3 is 5.32 Å². The third-order valence-corrected chi connectivity index (χ3v) is 3.78. The lowest BCUT2D eigenvalue weighted by atomic mass is 10.0. The Morgan fingerprint density at radius 3 is 2.65 bits per heavy atom. The molecule has 0 bridgehead atoms. The lowest BCUT2D eigenvalue weighted by Crippen LogP contribution is -2.22. The van der Waals surface area contributed by atoms with Gasteiger partial charge in [0.25, 0.3) is 0 Å². The van der Waals surface area contributed by atoms with Crippen molar-refractivity contribution < 1.29 is 0 Å². The molecule has 0 amide bonds. The first-order chi connectivity index (χ1) is 8.19. The van der Waals surface area contributed by atoms with Crippen LogP contribution in [0.15, 0.2) is 21.2 Å². The number of rotatable bonds is 7. The summed E-state index contributed by atoms with van der Waals surface area (Å²) >= 11 is 7.03. The number of pyridine rings is 1. The number of nitrogens with zero attached hydrogens (tertiary/aromatic N) is 1. The van der Waals surface area contributed by atoms with Gasteiger partial charge >= 0.3 is 0 Å². The monoisotopic (exact) mass is 362 g/mol. The molecule has 1 heterocycles. The highest BCUT2D eigenvalue weighted by atomic mass is 79.9. The molecule has 4 heteroatoms. The van der Waals surface area contributed by atoms with Gasteiger partial charge in [-0.15, -0.1) is 0 Å². The van der Waals surface area contributed by atoms with Crippen molar-refractivity contribution in [3.63, 3.8) is 0 Å². The van der Waals surface area contributed by atoms with Crippen LogP contribution in [0.2, 0.25) is 0 Å². The Morgan fingerprint density at radius 1 is 1.29 bits per heavy atom. The minimum absolute atomic E-state index is 0.356. The summed E-state index contributed by atoms with van der Waals surface area (Å²) in [6, 6.07) is 2.42. The van der Waals surface area contributed by atoms with Crippen LogP contribution in [0.3, 0.4) is 0 Å². The van der Waals surface area contributed by atoms with Crippen LogP contribution in [-0.2, 0) is 0 Å². The van der Waals surface area contributed by atoms with E-state index in [-0.39, 0.29) is 0 Å². The third-order valence-electron chi connectivity index (χ3n) is 2.71. The molecular weight excluding hydrogens is 344 g/mol. The van der Waals surface area contributed by atoms with Crippen LogP contribution in [0, 0.1) is 0 Å². The number of hydrogen-bond donors (Lipinski definition) is 1. The smallest absolute Gasteiger partial charge is 0.0715 e. The molecule has 0 spiro atoms. The maximum atomic E-state index is 4.52. The van der Waals surface area contributed by atoms with Gasteiger partial charge in [0.15, 0.2) is 0 Å². The number of hydrogen-bond acceptors (Lipinski definition) is 2. The first-order valence-corrected chi connectivity index (χ1v) is 7.82. The van der Waals surface area contributed by atoms with Crippen molar-refractivity contribution in [2.24, 2.45) is 0 Å². The summed E-state index contributed by atoms with van der Waals surface area (Å²) in [5.74, 6) is 0. The molecule has 0 saturated carbocycles. The fraction of sp³-hybridized carbons (Fsp3) is 0.615. The van der Waals surface area contributed by atoms with E-state index in [4.69, 9.17) is 0 Å². The van der Waals surface area contributed by atoms with E-state index in [9.17, 15) is 0 Å². The molecule has 0 aliphatic heterocycles. The lowest BCUT2D eigenvalue weighted by molar-refractivity contribution is 0.475. The van der Waals surface area contributed by atoms with Gasteiger partial charge in [-0.05, 0) is 50.9 Å².